The first-order valence-corrected chi connectivity index (χ1v) is 7.40. The predicted octanol–water partition coefficient (Wildman–Crippen LogP) is 2.37. The quantitative estimate of drug-likeness (QED) is 0.840. The lowest BCUT2D eigenvalue weighted by atomic mass is 10.5. The van der Waals surface area contributed by atoms with Gasteiger partial charge in [-0.3, -0.25) is 0 Å². The number of rotatable bonds is 5. The number of hydrogen-bond donors (Lipinski definition) is 0. The zero-order chi connectivity index (χ0) is 13.0. The molecule has 0 spiro atoms. The molecule has 9 heteroatoms. The van der Waals surface area contributed by atoms with Crippen LogP contribution in [0.3, 0.4) is 0 Å². The predicted molar refractivity (Wildman–Crippen MR) is 72.4 cm³/mol. The Hall–Kier alpha value is -0.990. The van der Waals surface area contributed by atoms with Gasteiger partial charge in [0.25, 0.3) is 0 Å². The fraction of sp³-hybridized carbons (Fsp3) is 0.444. The summed E-state index contributed by atoms with van der Waals surface area (Å²) in [6, 6.07) is 0. The van der Waals surface area contributed by atoms with Crippen molar-refractivity contribution < 1.29 is 0 Å². The van der Waals surface area contributed by atoms with Crippen LogP contribution < -0.4 is 4.90 Å². The molecule has 0 aliphatic carbocycles. The zero-order valence-electron chi connectivity index (χ0n) is 9.87. The van der Waals surface area contributed by atoms with E-state index in [4.69, 9.17) is 11.6 Å². The highest BCUT2D eigenvalue weighted by Gasteiger charge is 2.12. The van der Waals surface area contributed by atoms with Gasteiger partial charge >= 0.3 is 0 Å². The molecule has 0 radical (unpaired) electrons. The first kappa shape index (κ1) is 13.4. The van der Waals surface area contributed by atoms with Crippen LogP contribution in [0.15, 0.2) is 15.0 Å². The lowest BCUT2D eigenvalue weighted by molar-refractivity contribution is 0.781. The Labute approximate surface area is 118 Å². The second kappa shape index (κ2) is 6.26. The summed E-state index contributed by atoms with van der Waals surface area (Å²) in [5.41, 5.74) is 1.66. The normalized spacial score (nSPS) is 10.6. The Morgan fingerprint density at radius 2 is 2.06 bits per heavy atom. The molecule has 96 valence electrons. The molecular formula is C9H11ClN6S2. The average molecular weight is 303 g/mol. The van der Waals surface area contributed by atoms with E-state index in [0.717, 1.165) is 17.4 Å². The summed E-state index contributed by atoms with van der Waals surface area (Å²) in [5.74, 6) is 0.590. The molecule has 0 aliphatic rings. The molecule has 0 amide bonds. The highest BCUT2D eigenvalue weighted by molar-refractivity contribution is 8.00. The van der Waals surface area contributed by atoms with E-state index in [0.29, 0.717) is 11.1 Å². The van der Waals surface area contributed by atoms with Crippen molar-refractivity contribution in [1.82, 2.24) is 25.1 Å². The van der Waals surface area contributed by atoms with Gasteiger partial charge < -0.3 is 4.90 Å². The Morgan fingerprint density at radius 3 is 2.67 bits per heavy atom. The average Bonchev–Trinajstić information content (AvgIpc) is 2.83. The number of anilines is 1. The number of aromatic nitrogens is 5. The van der Waals surface area contributed by atoms with E-state index in [1.54, 1.807) is 5.51 Å². The molecule has 0 N–H and O–H groups in total. The van der Waals surface area contributed by atoms with Crippen molar-refractivity contribution in [1.29, 1.82) is 0 Å². The summed E-state index contributed by atoms with van der Waals surface area (Å²) in [6.45, 7) is 5.72. The van der Waals surface area contributed by atoms with Gasteiger partial charge in [-0.2, -0.15) is 15.0 Å². The number of nitrogens with zero attached hydrogens (tertiary/aromatic N) is 6. The summed E-state index contributed by atoms with van der Waals surface area (Å²) in [7, 11) is 0. The molecule has 0 fully saturated rings. The van der Waals surface area contributed by atoms with Crippen molar-refractivity contribution in [2.75, 3.05) is 18.0 Å². The fourth-order valence-corrected chi connectivity index (χ4v) is 2.83. The van der Waals surface area contributed by atoms with Crippen molar-refractivity contribution in [2.45, 2.75) is 23.3 Å². The molecule has 18 heavy (non-hydrogen) atoms. The summed E-state index contributed by atoms with van der Waals surface area (Å²) < 4.78 is 0.780. The van der Waals surface area contributed by atoms with E-state index in [1.807, 2.05) is 18.7 Å². The summed E-state index contributed by atoms with van der Waals surface area (Å²) >= 11 is 8.68. The molecular weight excluding hydrogens is 292 g/mol. The molecule has 2 rings (SSSR count). The van der Waals surface area contributed by atoms with Gasteiger partial charge in [0.15, 0.2) is 4.34 Å². The molecule has 0 bridgehead atoms. The molecule has 0 aliphatic heterocycles. The van der Waals surface area contributed by atoms with Crippen molar-refractivity contribution in [3.05, 3.63) is 10.8 Å². The minimum absolute atomic E-state index is 0.193. The molecule has 0 saturated carbocycles. The van der Waals surface area contributed by atoms with Gasteiger partial charge in [-0.25, -0.2) is 0 Å². The monoisotopic (exact) mass is 302 g/mol. The van der Waals surface area contributed by atoms with Crippen molar-refractivity contribution >= 4 is 40.6 Å². The third-order valence-corrected chi connectivity index (χ3v) is 3.95. The van der Waals surface area contributed by atoms with Gasteiger partial charge in [0.1, 0.15) is 5.51 Å². The van der Waals surface area contributed by atoms with Crippen molar-refractivity contribution in [3.8, 4) is 0 Å². The Morgan fingerprint density at radius 1 is 1.28 bits per heavy atom. The van der Waals surface area contributed by atoms with Gasteiger partial charge in [0.2, 0.25) is 16.4 Å². The van der Waals surface area contributed by atoms with Crippen LogP contribution in [-0.4, -0.2) is 38.2 Å². The van der Waals surface area contributed by atoms with Gasteiger partial charge in [-0.15, -0.1) is 10.2 Å². The minimum atomic E-state index is 0.193. The third-order valence-electron chi connectivity index (χ3n) is 2.14. The van der Waals surface area contributed by atoms with Crippen molar-refractivity contribution in [3.63, 3.8) is 0 Å². The van der Waals surface area contributed by atoms with Crippen LogP contribution in [0.1, 0.15) is 13.8 Å². The lowest BCUT2D eigenvalue weighted by Crippen LogP contribution is -2.24. The second-order valence-corrected chi connectivity index (χ2v) is 5.55. The van der Waals surface area contributed by atoms with E-state index in [-0.39, 0.29) is 5.28 Å². The Kier molecular flexibility index (Phi) is 4.67. The van der Waals surface area contributed by atoms with E-state index >= 15 is 0 Å². The number of halogens is 1. The first-order valence-electron chi connectivity index (χ1n) is 5.33. The van der Waals surface area contributed by atoms with Gasteiger partial charge in [0.05, 0.1) is 0 Å². The first-order chi connectivity index (χ1) is 8.72. The van der Waals surface area contributed by atoms with Crippen LogP contribution in [0, 0.1) is 0 Å². The Bertz CT molecular complexity index is 502. The van der Waals surface area contributed by atoms with Crippen LogP contribution in [0.2, 0.25) is 5.28 Å². The molecule has 2 aromatic rings. The molecule has 0 saturated heterocycles. The maximum atomic E-state index is 5.91. The smallest absolute Gasteiger partial charge is 0.230 e. The van der Waals surface area contributed by atoms with E-state index in [9.17, 15) is 0 Å². The molecule has 2 aromatic heterocycles. The maximum absolute atomic E-state index is 5.91. The molecule has 2 heterocycles. The van der Waals surface area contributed by atoms with Crippen LogP contribution in [0.4, 0.5) is 5.95 Å². The SMILES string of the molecule is CCN(CC)c1nc(Cl)nc(Sc2nncs2)n1. The largest absolute Gasteiger partial charge is 0.341 e. The standard InChI is InChI=1S/C9H11ClN6S2/c1-3-16(4-2)7-12-6(10)13-8(14-7)18-9-15-11-5-17-9/h5H,3-4H2,1-2H3. The third kappa shape index (κ3) is 3.27. The van der Waals surface area contributed by atoms with E-state index < -0.39 is 0 Å². The van der Waals surface area contributed by atoms with Crippen LogP contribution in [-0.2, 0) is 0 Å². The van der Waals surface area contributed by atoms with Crippen molar-refractivity contribution in [2.24, 2.45) is 0 Å². The molecule has 6 nitrogen and oxygen atoms in total. The highest BCUT2D eigenvalue weighted by atomic mass is 35.5. The summed E-state index contributed by atoms with van der Waals surface area (Å²) in [6.07, 6.45) is 0. The van der Waals surface area contributed by atoms with Crippen LogP contribution in [0.25, 0.3) is 0 Å². The topological polar surface area (TPSA) is 67.7 Å². The maximum Gasteiger partial charge on any atom is 0.230 e. The van der Waals surface area contributed by atoms with E-state index in [1.165, 1.54) is 23.1 Å². The number of hydrogen-bond acceptors (Lipinski definition) is 8. The van der Waals surface area contributed by atoms with Crippen LogP contribution >= 0.6 is 34.7 Å². The molecule has 0 aromatic carbocycles. The lowest BCUT2D eigenvalue weighted by Gasteiger charge is -2.18. The van der Waals surface area contributed by atoms with Crippen LogP contribution in [0.5, 0.6) is 0 Å². The molecule has 0 atom stereocenters. The molecule has 0 unspecified atom stereocenters. The fourth-order valence-electron chi connectivity index (χ4n) is 1.30. The van der Waals surface area contributed by atoms with Gasteiger partial charge in [-0.05, 0) is 37.2 Å². The summed E-state index contributed by atoms with van der Waals surface area (Å²) in [5, 5.41) is 8.42. The van der Waals surface area contributed by atoms with E-state index in [2.05, 4.69) is 25.1 Å². The second-order valence-electron chi connectivity index (χ2n) is 3.17. The summed E-state index contributed by atoms with van der Waals surface area (Å²) in [4.78, 5) is 14.6. The Balaban J connectivity index is 2.26. The van der Waals surface area contributed by atoms with Gasteiger partial charge in [-0.1, -0.05) is 11.3 Å². The minimum Gasteiger partial charge on any atom is -0.341 e. The zero-order valence-corrected chi connectivity index (χ0v) is 12.3. The van der Waals surface area contributed by atoms with Gasteiger partial charge in [0, 0.05) is 13.1 Å². The highest BCUT2D eigenvalue weighted by Crippen LogP contribution is 2.27.